The van der Waals surface area contributed by atoms with E-state index >= 15 is 0 Å². The molecule has 0 saturated carbocycles. The third kappa shape index (κ3) is 10.6. The maximum Gasteiger partial charge on any atom is 0.327 e. The lowest BCUT2D eigenvalue weighted by Crippen LogP contribution is -2.51. The molecule has 0 aromatic heterocycles. The predicted molar refractivity (Wildman–Crippen MR) is 144 cm³/mol. The van der Waals surface area contributed by atoms with Gasteiger partial charge in [0.05, 0.1) is 18.3 Å². The molecule has 3 atom stereocenters. The average molecular weight is 558 g/mol. The number of hydrogen-bond acceptors (Lipinski definition) is 7. The molecule has 222 valence electrons. The molecule has 0 bridgehead atoms. The molecule has 2 rings (SSSR count). The van der Waals surface area contributed by atoms with Gasteiger partial charge >= 0.3 is 5.92 Å². The molecule has 2 amide bonds. The molecule has 1 fully saturated rings. The lowest BCUT2D eigenvalue weighted by Gasteiger charge is -2.30. The van der Waals surface area contributed by atoms with Crippen LogP contribution in [-0.2, 0) is 14.3 Å². The van der Waals surface area contributed by atoms with Crippen LogP contribution in [0.5, 0.6) is 5.75 Å². The summed E-state index contributed by atoms with van der Waals surface area (Å²) in [6.45, 7) is 5.37. The molecule has 1 saturated heterocycles. The summed E-state index contributed by atoms with van der Waals surface area (Å²) in [7, 11) is 1.65. The second-order valence-electron chi connectivity index (χ2n) is 10.4. The number of amides is 2. The summed E-state index contributed by atoms with van der Waals surface area (Å²) >= 11 is 0. The summed E-state index contributed by atoms with van der Waals surface area (Å²) in [5, 5.41) is 15.6. The van der Waals surface area contributed by atoms with Crippen LogP contribution in [0.15, 0.2) is 24.3 Å². The number of aliphatic hydroxyl groups excluding tert-OH is 1. The van der Waals surface area contributed by atoms with Crippen molar-refractivity contribution in [2.24, 2.45) is 23.5 Å². The third-order valence-corrected chi connectivity index (χ3v) is 7.18. The second-order valence-corrected chi connectivity index (χ2v) is 10.4. The van der Waals surface area contributed by atoms with Gasteiger partial charge in [0.15, 0.2) is 0 Å². The Morgan fingerprint density at radius 2 is 1.79 bits per heavy atom. The largest absolute Gasteiger partial charge is 0.493 e. The maximum atomic E-state index is 14.5. The Labute approximate surface area is 230 Å². The standard InChI is InChI=1S/C28H45F2N3O6/c1-19(2)20(17-32-26(35)22-8-4-5-9-25(22)39-13-7-6-12-37-3)16-23(31)24(34)18-33-27(36)28(29,30)21-10-14-38-15-11-21/h4-5,8-9,19-21,23-24,34H,6-7,10-18,31H2,1-3H3,(H,32,35)(H,33,36). The number of ether oxygens (including phenoxy) is 3. The molecule has 1 aliphatic rings. The highest BCUT2D eigenvalue weighted by atomic mass is 19.3. The molecule has 1 aromatic carbocycles. The Hall–Kier alpha value is -2.34. The summed E-state index contributed by atoms with van der Waals surface area (Å²) in [6.07, 6.45) is 0.971. The SMILES string of the molecule is COCCCCOc1ccccc1C(=O)NCC(CC(N)C(O)CNC(=O)C(F)(F)C1CCOCC1)C(C)C. The van der Waals surface area contributed by atoms with Crippen molar-refractivity contribution in [3.63, 3.8) is 0 Å². The van der Waals surface area contributed by atoms with E-state index in [2.05, 4.69) is 10.6 Å². The van der Waals surface area contributed by atoms with Crippen LogP contribution in [0.25, 0.3) is 0 Å². The van der Waals surface area contributed by atoms with Gasteiger partial charge < -0.3 is 35.7 Å². The van der Waals surface area contributed by atoms with E-state index in [9.17, 15) is 23.5 Å². The molecule has 3 unspecified atom stereocenters. The van der Waals surface area contributed by atoms with Gasteiger partial charge in [-0.05, 0) is 56.1 Å². The fourth-order valence-electron chi connectivity index (χ4n) is 4.44. The van der Waals surface area contributed by atoms with Gasteiger partial charge in [-0.1, -0.05) is 26.0 Å². The number of unbranched alkanes of at least 4 members (excludes halogenated alkanes) is 1. The molecule has 39 heavy (non-hydrogen) atoms. The quantitative estimate of drug-likeness (QED) is 0.217. The first-order chi connectivity index (χ1) is 18.6. The number of nitrogens with two attached hydrogens (primary N) is 1. The number of alkyl halides is 2. The van der Waals surface area contributed by atoms with Gasteiger partial charge in [0.1, 0.15) is 5.75 Å². The van der Waals surface area contributed by atoms with E-state index in [1.165, 1.54) is 0 Å². The van der Waals surface area contributed by atoms with Crippen LogP contribution in [0.3, 0.4) is 0 Å². The molecule has 1 heterocycles. The summed E-state index contributed by atoms with van der Waals surface area (Å²) in [6, 6.07) is 6.22. The molecule has 11 heteroatoms. The molecule has 5 N–H and O–H groups in total. The van der Waals surface area contributed by atoms with E-state index in [0.717, 1.165) is 12.8 Å². The summed E-state index contributed by atoms with van der Waals surface area (Å²) in [4.78, 5) is 25.1. The van der Waals surface area contributed by atoms with Gasteiger partial charge in [-0.2, -0.15) is 8.78 Å². The van der Waals surface area contributed by atoms with Crippen molar-refractivity contribution in [3.8, 4) is 5.75 Å². The number of aliphatic hydroxyl groups is 1. The Morgan fingerprint density at radius 1 is 1.13 bits per heavy atom. The van der Waals surface area contributed by atoms with Gasteiger partial charge in [-0.25, -0.2) is 0 Å². The van der Waals surface area contributed by atoms with Crippen molar-refractivity contribution in [3.05, 3.63) is 29.8 Å². The van der Waals surface area contributed by atoms with Crippen LogP contribution < -0.4 is 21.1 Å². The van der Waals surface area contributed by atoms with Crippen LogP contribution in [0.1, 0.15) is 56.3 Å². The predicted octanol–water partition coefficient (Wildman–Crippen LogP) is 2.75. The smallest absolute Gasteiger partial charge is 0.327 e. The van der Waals surface area contributed by atoms with Gasteiger partial charge in [0, 0.05) is 52.0 Å². The molecular formula is C28H45F2N3O6. The topological polar surface area (TPSA) is 132 Å². The fourth-order valence-corrected chi connectivity index (χ4v) is 4.44. The van der Waals surface area contributed by atoms with Crippen LogP contribution in [0, 0.1) is 17.8 Å². The van der Waals surface area contributed by atoms with Crippen molar-refractivity contribution in [1.29, 1.82) is 0 Å². The van der Waals surface area contributed by atoms with Crippen LogP contribution in [0.2, 0.25) is 0 Å². The summed E-state index contributed by atoms with van der Waals surface area (Å²) in [5.74, 6) is -5.81. The van der Waals surface area contributed by atoms with Crippen molar-refractivity contribution in [1.82, 2.24) is 10.6 Å². The molecule has 1 aromatic rings. The minimum Gasteiger partial charge on any atom is -0.493 e. The number of nitrogens with one attached hydrogen (secondary N) is 2. The zero-order chi connectivity index (χ0) is 28.8. The van der Waals surface area contributed by atoms with E-state index in [0.29, 0.717) is 37.5 Å². The highest BCUT2D eigenvalue weighted by Gasteiger charge is 2.47. The van der Waals surface area contributed by atoms with E-state index < -0.39 is 29.9 Å². The Balaban J connectivity index is 1.85. The molecule has 0 radical (unpaired) electrons. The van der Waals surface area contributed by atoms with Gasteiger partial charge in [0.2, 0.25) is 0 Å². The zero-order valence-electron chi connectivity index (χ0n) is 23.3. The van der Waals surface area contributed by atoms with Crippen molar-refractivity contribution < 1.29 is 37.7 Å². The van der Waals surface area contributed by atoms with E-state index in [1.807, 2.05) is 13.8 Å². The number of halogens is 2. The van der Waals surface area contributed by atoms with E-state index in [1.54, 1.807) is 31.4 Å². The number of carbonyl (C=O) groups is 2. The highest BCUT2D eigenvalue weighted by Crippen LogP contribution is 2.32. The number of methoxy groups -OCH3 is 1. The third-order valence-electron chi connectivity index (χ3n) is 7.18. The molecule has 1 aliphatic heterocycles. The number of hydrogen-bond donors (Lipinski definition) is 4. The van der Waals surface area contributed by atoms with Gasteiger partial charge in [0.25, 0.3) is 11.8 Å². The number of benzene rings is 1. The first kappa shape index (κ1) is 32.9. The highest BCUT2D eigenvalue weighted by molar-refractivity contribution is 5.96. The monoisotopic (exact) mass is 557 g/mol. The van der Waals surface area contributed by atoms with Crippen LogP contribution in [-0.4, -0.2) is 81.6 Å². The van der Waals surface area contributed by atoms with Crippen molar-refractivity contribution >= 4 is 11.8 Å². The lowest BCUT2D eigenvalue weighted by atomic mass is 9.87. The minimum atomic E-state index is -3.54. The first-order valence-electron chi connectivity index (χ1n) is 13.7. The first-order valence-corrected chi connectivity index (χ1v) is 13.7. The van der Waals surface area contributed by atoms with Crippen molar-refractivity contribution in [2.45, 2.75) is 64.0 Å². The number of para-hydroxylation sites is 1. The Bertz CT molecular complexity index is 883. The van der Waals surface area contributed by atoms with Crippen LogP contribution >= 0.6 is 0 Å². The Morgan fingerprint density at radius 3 is 2.46 bits per heavy atom. The number of rotatable bonds is 17. The van der Waals surface area contributed by atoms with Crippen LogP contribution in [0.4, 0.5) is 8.78 Å². The molecule has 0 aliphatic carbocycles. The molecule has 0 spiro atoms. The zero-order valence-corrected chi connectivity index (χ0v) is 23.3. The van der Waals surface area contributed by atoms with E-state index in [-0.39, 0.29) is 50.3 Å². The van der Waals surface area contributed by atoms with Crippen molar-refractivity contribution in [2.75, 3.05) is 46.6 Å². The second kappa shape index (κ2) is 16.7. The average Bonchev–Trinajstić information content (AvgIpc) is 2.93. The number of carbonyl (C=O) groups excluding carboxylic acids is 2. The molecule has 9 nitrogen and oxygen atoms in total. The fraction of sp³-hybridized carbons (Fsp3) is 0.714. The minimum absolute atomic E-state index is 0.0971. The van der Waals surface area contributed by atoms with E-state index in [4.69, 9.17) is 19.9 Å². The normalized spacial score (nSPS) is 16.9. The Kier molecular flexibility index (Phi) is 14.1. The van der Waals surface area contributed by atoms with Gasteiger partial charge in [-0.3, -0.25) is 9.59 Å². The summed E-state index contributed by atoms with van der Waals surface area (Å²) in [5.41, 5.74) is 6.60. The van der Waals surface area contributed by atoms with Gasteiger partial charge in [-0.15, -0.1) is 0 Å². The lowest BCUT2D eigenvalue weighted by molar-refractivity contribution is -0.160. The molecular weight excluding hydrogens is 512 g/mol. The summed E-state index contributed by atoms with van der Waals surface area (Å²) < 4.78 is 44.9. The maximum absolute atomic E-state index is 14.5.